The van der Waals surface area contributed by atoms with Gasteiger partial charge in [-0.3, -0.25) is 10.1 Å². The number of nitro groups is 1. The number of fused-ring (bicyclic) bond motifs is 2. The molecule has 0 saturated heterocycles. The van der Waals surface area contributed by atoms with Crippen LogP contribution >= 0.6 is 0 Å². The maximum atomic E-state index is 13.7. The lowest BCUT2D eigenvalue weighted by Gasteiger charge is -2.21. The number of rotatable bonds is 12. The number of nitrogens with one attached hydrogen (secondary N) is 2. The van der Waals surface area contributed by atoms with E-state index < -0.39 is 14.9 Å². The molecule has 0 unspecified atom stereocenters. The fraction of sp³-hybridized carbons (Fsp3) is 0.212. The summed E-state index contributed by atoms with van der Waals surface area (Å²) in [4.78, 5) is 28.3. The van der Waals surface area contributed by atoms with Crippen molar-refractivity contribution in [1.29, 1.82) is 0 Å². The number of methoxy groups -OCH3 is 1. The van der Waals surface area contributed by atoms with Gasteiger partial charge in [-0.2, -0.15) is 4.98 Å². The Morgan fingerprint density at radius 1 is 0.979 bits per heavy atom. The van der Waals surface area contributed by atoms with Crippen LogP contribution in [0, 0.1) is 10.1 Å². The zero-order valence-corrected chi connectivity index (χ0v) is 27.2. The summed E-state index contributed by atoms with van der Waals surface area (Å²) in [7, 11) is 3.38. The molecule has 0 radical (unpaired) electrons. The predicted molar refractivity (Wildman–Crippen MR) is 184 cm³/mol. The largest absolute Gasteiger partial charge is 0.495 e. The average molecular weight is 655 g/mol. The summed E-state index contributed by atoms with van der Waals surface area (Å²) in [5, 5.41) is 16.6. The van der Waals surface area contributed by atoms with Crippen molar-refractivity contribution in [3.8, 4) is 17.0 Å². The molecule has 0 spiro atoms. The number of para-hydroxylation sites is 1. The van der Waals surface area contributed by atoms with E-state index in [1.54, 1.807) is 55.8 Å². The number of nitro benzene ring substituents is 1. The molecule has 3 aromatic heterocycles. The van der Waals surface area contributed by atoms with Crippen LogP contribution in [-0.2, 0) is 15.8 Å². The summed E-state index contributed by atoms with van der Waals surface area (Å²) >= 11 is 0. The minimum atomic E-state index is -3.90. The van der Waals surface area contributed by atoms with E-state index in [9.17, 15) is 18.5 Å². The summed E-state index contributed by atoms with van der Waals surface area (Å²) in [5.41, 5.74) is 3.48. The first-order valence-electron chi connectivity index (χ1n) is 14.8. The van der Waals surface area contributed by atoms with Crippen LogP contribution in [0.15, 0.2) is 85.2 Å². The molecule has 0 fully saturated rings. The molecular weight excluding hydrogens is 620 g/mol. The third-order valence-corrected chi connectivity index (χ3v) is 9.47. The molecular formula is C33H34N8O5S. The molecule has 0 saturated carbocycles. The smallest absolute Gasteiger partial charge is 0.294 e. The maximum Gasteiger partial charge on any atom is 0.294 e. The number of nitrogens with zero attached hydrogens (tertiary/aromatic N) is 6. The van der Waals surface area contributed by atoms with Crippen molar-refractivity contribution >= 4 is 55.0 Å². The highest BCUT2D eigenvalue weighted by Crippen LogP contribution is 2.38. The Labute approximate surface area is 271 Å². The lowest BCUT2D eigenvalue weighted by molar-refractivity contribution is -0.384. The number of benzene rings is 3. The second-order valence-corrected chi connectivity index (χ2v) is 13.2. The van der Waals surface area contributed by atoms with Gasteiger partial charge in [0.2, 0.25) is 16.0 Å². The molecule has 0 amide bonds. The third-order valence-electron chi connectivity index (χ3n) is 7.88. The van der Waals surface area contributed by atoms with Crippen LogP contribution in [0.2, 0.25) is 0 Å². The minimum Gasteiger partial charge on any atom is -0.495 e. The van der Waals surface area contributed by atoms with Gasteiger partial charge in [-0.25, -0.2) is 17.4 Å². The van der Waals surface area contributed by atoms with Crippen molar-refractivity contribution in [2.75, 3.05) is 51.6 Å². The van der Waals surface area contributed by atoms with E-state index in [1.165, 1.54) is 12.3 Å². The first-order chi connectivity index (χ1) is 22.6. The van der Waals surface area contributed by atoms with Crippen molar-refractivity contribution in [1.82, 2.24) is 23.8 Å². The SMILES string of the molecule is COc1cccc2c(-c3nc(Nc4ccc(N(C)CCN(C)C)c([N+](=O)[O-])c4)nc4c3ccn4S(=O)(=O)Cc3ccccc3)c[nH]c12. The number of H-pyrrole nitrogens is 1. The monoisotopic (exact) mass is 654 g/mol. The van der Waals surface area contributed by atoms with E-state index in [2.05, 4.69) is 15.3 Å². The Kier molecular flexibility index (Phi) is 8.54. The van der Waals surface area contributed by atoms with Crippen LogP contribution in [0.25, 0.3) is 33.2 Å². The Morgan fingerprint density at radius 3 is 2.49 bits per heavy atom. The maximum absolute atomic E-state index is 13.7. The van der Waals surface area contributed by atoms with Crippen LogP contribution in [0.4, 0.5) is 23.0 Å². The summed E-state index contributed by atoms with van der Waals surface area (Å²) < 4.78 is 34.2. The Bertz CT molecular complexity index is 2200. The number of anilines is 3. The van der Waals surface area contributed by atoms with E-state index in [0.717, 1.165) is 21.4 Å². The highest BCUT2D eigenvalue weighted by atomic mass is 32.2. The second kappa shape index (κ2) is 12.7. The third kappa shape index (κ3) is 6.33. The molecule has 6 rings (SSSR count). The van der Waals surface area contributed by atoms with Crippen molar-refractivity contribution in [2.24, 2.45) is 0 Å². The highest BCUT2D eigenvalue weighted by Gasteiger charge is 2.24. The molecule has 3 heterocycles. The molecule has 14 heteroatoms. The fourth-order valence-corrected chi connectivity index (χ4v) is 6.90. The molecule has 0 aliphatic carbocycles. The lowest BCUT2D eigenvalue weighted by atomic mass is 10.1. The van der Waals surface area contributed by atoms with E-state index in [4.69, 9.17) is 9.72 Å². The molecule has 0 bridgehead atoms. The zero-order chi connectivity index (χ0) is 33.3. The van der Waals surface area contributed by atoms with E-state index in [0.29, 0.717) is 45.9 Å². The summed E-state index contributed by atoms with van der Waals surface area (Å²) in [5.74, 6) is 0.477. The van der Waals surface area contributed by atoms with Gasteiger partial charge < -0.3 is 24.8 Å². The van der Waals surface area contributed by atoms with Crippen LogP contribution in [0.3, 0.4) is 0 Å². The van der Waals surface area contributed by atoms with Gasteiger partial charge in [0.1, 0.15) is 11.4 Å². The molecule has 6 aromatic rings. The molecule has 47 heavy (non-hydrogen) atoms. The van der Waals surface area contributed by atoms with E-state index in [-0.39, 0.29) is 23.0 Å². The molecule has 3 aromatic carbocycles. The molecule has 242 valence electrons. The summed E-state index contributed by atoms with van der Waals surface area (Å²) in [6.07, 6.45) is 3.27. The summed E-state index contributed by atoms with van der Waals surface area (Å²) in [6, 6.07) is 21.0. The standard InChI is InChI=1S/C33H34N8O5S/c1-38(2)17-18-39(3)27-14-13-23(19-28(27)41(42)43)35-33-36-30(26-20-34-31-24(26)11-8-12-29(31)46-4)25-15-16-40(32(25)37-33)47(44,45)21-22-9-6-5-7-10-22/h5-16,19-20,34H,17-18,21H2,1-4H3,(H,35,36,37). The quantitative estimate of drug-likeness (QED) is 0.126. The first-order valence-corrected chi connectivity index (χ1v) is 16.4. The number of ether oxygens (including phenoxy) is 1. The van der Waals surface area contributed by atoms with Gasteiger partial charge in [0.05, 0.1) is 29.0 Å². The number of hydrogen-bond donors (Lipinski definition) is 2. The van der Waals surface area contributed by atoms with E-state index in [1.807, 2.05) is 55.2 Å². The number of aromatic amines is 1. The normalized spacial score (nSPS) is 11.8. The zero-order valence-electron chi connectivity index (χ0n) is 26.3. The Balaban J connectivity index is 1.48. The predicted octanol–water partition coefficient (Wildman–Crippen LogP) is 5.62. The van der Waals surface area contributed by atoms with Gasteiger partial charge in [0.15, 0.2) is 5.65 Å². The Morgan fingerprint density at radius 2 is 1.77 bits per heavy atom. The Hall–Kier alpha value is -5.47. The average Bonchev–Trinajstić information content (AvgIpc) is 3.69. The number of aromatic nitrogens is 4. The van der Waals surface area contributed by atoms with E-state index >= 15 is 0 Å². The number of hydrogen-bond acceptors (Lipinski definition) is 10. The fourth-order valence-electron chi connectivity index (χ4n) is 5.49. The van der Waals surface area contributed by atoms with Crippen LogP contribution in [-0.4, -0.2) is 78.5 Å². The van der Waals surface area contributed by atoms with Gasteiger partial charge in [-0.05, 0) is 43.9 Å². The van der Waals surface area contributed by atoms with Crippen LogP contribution < -0.4 is 15.0 Å². The molecule has 0 aliphatic heterocycles. The molecule has 2 N–H and O–H groups in total. The van der Waals surface area contributed by atoms with Gasteiger partial charge in [-0.15, -0.1) is 0 Å². The lowest BCUT2D eigenvalue weighted by Crippen LogP contribution is -2.28. The number of likely N-dealkylation sites (N-methyl/N-ethyl adjacent to an activating group) is 2. The minimum absolute atomic E-state index is 0.0719. The topological polar surface area (TPSA) is 152 Å². The van der Waals surface area contributed by atoms with Crippen molar-refractivity contribution in [3.05, 3.63) is 101 Å². The molecule has 0 aliphatic rings. The second-order valence-electron chi connectivity index (χ2n) is 11.4. The van der Waals surface area contributed by atoms with Crippen molar-refractivity contribution in [2.45, 2.75) is 5.75 Å². The molecule has 0 atom stereocenters. The van der Waals surface area contributed by atoms with Crippen LogP contribution in [0.1, 0.15) is 5.56 Å². The van der Waals surface area contributed by atoms with Gasteiger partial charge in [0.25, 0.3) is 5.69 Å². The van der Waals surface area contributed by atoms with Gasteiger partial charge in [0, 0.05) is 60.6 Å². The van der Waals surface area contributed by atoms with Gasteiger partial charge >= 0.3 is 0 Å². The summed E-state index contributed by atoms with van der Waals surface area (Å²) in [6.45, 7) is 1.31. The van der Waals surface area contributed by atoms with Crippen molar-refractivity contribution in [3.63, 3.8) is 0 Å². The van der Waals surface area contributed by atoms with Gasteiger partial charge in [-0.1, -0.05) is 42.5 Å². The first kappa shape index (κ1) is 31.5. The van der Waals surface area contributed by atoms with Crippen molar-refractivity contribution < 1.29 is 18.1 Å². The van der Waals surface area contributed by atoms with Crippen LogP contribution in [0.5, 0.6) is 5.75 Å². The highest BCUT2D eigenvalue weighted by molar-refractivity contribution is 7.89. The molecule has 13 nitrogen and oxygen atoms in total.